The van der Waals surface area contributed by atoms with Crippen LogP contribution in [-0.4, -0.2) is 16.6 Å². The number of ketones is 2. The number of H-pyrrole nitrogens is 1. The molecule has 0 saturated heterocycles. The van der Waals surface area contributed by atoms with Gasteiger partial charge in [-0.25, -0.2) is 0 Å². The molecule has 0 saturated carbocycles. The fourth-order valence-electron chi connectivity index (χ4n) is 3.78. The van der Waals surface area contributed by atoms with Gasteiger partial charge in [0.05, 0.1) is 5.52 Å². The number of carbonyl (C=O) groups is 2. The summed E-state index contributed by atoms with van der Waals surface area (Å²) in [6.07, 6.45) is 0. The zero-order valence-electron chi connectivity index (χ0n) is 13.0. The van der Waals surface area contributed by atoms with Crippen molar-refractivity contribution < 1.29 is 9.59 Å². The molecule has 0 aliphatic heterocycles. The van der Waals surface area contributed by atoms with Crippen molar-refractivity contribution in [2.24, 2.45) is 0 Å². The molecule has 1 aliphatic rings. The zero-order chi connectivity index (χ0) is 16.4. The van der Waals surface area contributed by atoms with Gasteiger partial charge < -0.3 is 4.98 Å². The quantitative estimate of drug-likeness (QED) is 0.460. The Bertz CT molecular complexity index is 1200. The first-order chi connectivity index (χ1) is 11.7. The fraction of sp³-hybridized carbons (Fsp3) is 0.0476. The molecule has 1 N–H and O–H groups in total. The van der Waals surface area contributed by atoms with Crippen LogP contribution in [0.2, 0.25) is 0 Å². The molecule has 1 heterocycles. The molecule has 0 amide bonds. The SMILES string of the molecule is Cc1c2c(cc3c1[nH]c1ccccc13)C(=O)c1ccccc1C2=O. The fourth-order valence-corrected chi connectivity index (χ4v) is 3.78. The summed E-state index contributed by atoms with van der Waals surface area (Å²) < 4.78 is 0. The highest BCUT2D eigenvalue weighted by atomic mass is 16.1. The summed E-state index contributed by atoms with van der Waals surface area (Å²) in [6, 6.07) is 16.9. The lowest BCUT2D eigenvalue weighted by molar-refractivity contribution is 0.0979. The minimum absolute atomic E-state index is 0.0711. The average molecular weight is 311 g/mol. The van der Waals surface area contributed by atoms with Gasteiger partial charge >= 0.3 is 0 Å². The van der Waals surface area contributed by atoms with Crippen molar-refractivity contribution in [1.82, 2.24) is 4.98 Å². The summed E-state index contributed by atoms with van der Waals surface area (Å²) in [5.41, 5.74) is 4.80. The van der Waals surface area contributed by atoms with E-state index >= 15 is 0 Å². The van der Waals surface area contributed by atoms with Gasteiger partial charge in [-0.15, -0.1) is 0 Å². The van der Waals surface area contributed by atoms with Crippen LogP contribution in [-0.2, 0) is 0 Å². The molecule has 3 nitrogen and oxygen atoms in total. The maximum Gasteiger partial charge on any atom is 0.194 e. The van der Waals surface area contributed by atoms with Crippen LogP contribution in [0.25, 0.3) is 21.8 Å². The summed E-state index contributed by atoms with van der Waals surface area (Å²) in [5, 5.41) is 2.06. The molecule has 1 aliphatic carbocycles. The Morgan fingerprint density at radius 1 is 0.750 bits per heavy atom. The monoisotopic (exact) mass is 311 g/mol. The van der Waals surface area contributed by atoms with Crippen molar-refractivity contribution in [1.29, 1.82) is 0 Å². The molecule has 0 fully saturated rings. The van der Waals surface area contributed by atoms with E-state index in [1.807, 2.05) is 37.3 Å². The lowest BCUT2D eigenvalue weighted by atomic mass is 9.81. The molecule has 114 valence electrons. The number of rotatable bonds is 0. The van der Waals surface area contributed by atoms with Gasteiger partial charge in [-0.05, 0) is 24.6 Å². The molecule has 3 heteroatoms. The highest BCUT2D eigenvalue weighted by Crippen LogP contribution is 2.36. The number of carbonyl (C=O) groups excluding carboxylic acids is 2. The zero-order valence-corrected chi connectivity index (χ0v) is 13.0. The van der Waals surface area contributed by atoms with Crippen LogP contribution in [0.15, 0.2) is 54.6 Å². The second-order valence-electron chi connectivity index (χ2n) is 6.22. The van der Waals surface area contributed by atoms with Gasteiger partial charge in [0, 0.05) is 38.5 Å². The highest BCUT2D eigenvalue weighted by molar-refractivity contribution is 6.31. The molecule has 0 radical (unpaired) electrons. The van der Waals surface area contributed by atoms with E-state index in [4.69, 9.17) is 0 Å². The largest absolute Gasteiger partial charge is 0.354 e. The van der Waals surface area contributed by atoms with Crippen molar-refractivity contribution in [3.8, 4) is 0 Å². The molecule has 0 atom stereocenters. The molecule has 1 aromatic heterocycles. The molecule has 4 aromatic rings. The smallest absolute Gasteiger partial charge is 0.194 e. The molecular formula is C21H13NO2. The summed E-state index contributed by atoms with van der Waals surface area (Å²) in [5.74, 6) is -0.145. The Labute approximate surface area is 137 Å². The first kappa shape index (κ1) is 13.3. The molecule has 0 spiro atoms. The van der Waals surface area contributed by atoms with Crippen LogP contribution in [0.4, 0.5) is 0 Å². The van der Waals surface area contributed by atoms with Crippen molar-refractivity contribution in [2.75, 3.05) is 0 Å². The number of benzene rings is 3. The van der Waals surface area contributed by atoms with E-state index in [9.17, 15) is 9.59 Å². The predicted molar refractivity (Wildman–Crippen MR) is 93.8 cm³/mol. The van der Waals surface area contributed by atoms with E-state index in [2.05, 4.69) is 4.98 Å². The second-order valence-corrected chi connectivity index (χ2v) is 6.22. The molecule has 5 rings (SSSR count). The number of hydrogen-bond donors (Lipinski definition) is 1. The van der Waals surface area contributed by atoms with Gasteiger partial charge in [-0.3, -0.25) is 9.59 Å². The number of para-hydroxylation sites is 1. The van der Waals surface area contributed by atoms with Crippen LogP contribution < -0.4 is 0 Å². The van der Waals surface area contributed by atoms with Gasteiger partial charge in [0.25, 0.3) is 0 Å². The Kier molecular flexibility index (Phi) is 2.44. The lowest BCUT2D eigenvalue weighted by Crippen LogP contribution is -2.22. The van der Waals surface area contributed by atoms with Crippen LogP contribution in [0.3, 0.4) is 0 Å². The maximum atomic E-state index is 13.0. The van der Waals surface area contributed by atoms with Crippen LogP contribution in [0.5, 0.6) is 0 Å². The van der Waals surface area contributed by atoms with Gasteiger partial charge in [0.2, 0.25) is 0 Å². The van der Waals surface area contributed by atoms with Crippen LogP contribution in [0, 0.1) is 6.92 Å². The number of hydrogen-bond acceptors (Lipinski definition) is 2. The summed E-state index contributed by atoms with van der Waals surface area (Å²) >= 11 is 0. The van der Waals surface area contributed by atoms with E-state index in [0.717, 1.165) is 27.4 Å². The minimum atomic E-state index is -0.0736. The highest BCUT2D eigenvalue weighted by Gasteiger charge is 2.32. The first-order valence-corrected chi connectivity index (χ1v) is 7.89. The van der Waals surface area contributed by atoms with Crippen LogP contribution >= 0.6 is 0 Å². The molecule has 0 bridgehead atoms. The predicted octanol–water partition coefficient (Wildman–Crippen LogP) is 4.40. The summed E-state index contributed by atoms with van der Waals surface area (Å²) in [4.78, 5) is 29.3. The Morgan fingerprint density at radius 3 is 2.21 bits per heavy atom. The van der Waals surface area contributed by atoms with Gasteiger partial charge in [0.1, 0.15) is 0 Å². The van der Waals surface area contributed by atoms with Crippen LogP contribution in [0.1, 0.15) is 37.4 Å². The molecule has 3 aromatic carbocycles. The van der Waals surface area contributed by atoms with E-state index in [1.165, 1.54) is 0 Å². The number of nitrogens with one attached hydrogen (secondary N) is 1. The van der Waals surface area contributed by atoms with Gasteiger partial charge in [-0.2, -0.15) is 0 Å². The van der Waals surface area contributed by atoms with Crippen molar-refractivity contribution >= 4 is 33.4 Å². The number of fused-ring (bicyclic) bond motifs is 5. The molecule has 24 heavy (non-hydrogen) atoms. The third-order valence-corrected chi connectivity index (χ3v) is 4.94. The topological polar surface area (TPSA) is 49.9 Å². The van der Waals surface area contributed by atoms with Gasteiger partial charge in [0.15, 0.2) is 11.6 Å². The van der Waals surface area contributed by atoms with Crippen molar-refractivity contribution in [3.05, 3.63) is 82.4 Å². The summed E-state index contributed by atoms with van der Waals surface area (Å²) in [6.45, 7) is 1.91. The second kappa shape index (κ2) is 4.42. The molecular weight excluding hydrogens is 298 g/mol. The van der Waals surface area contributed by atoms with E-state index < -0.39 is 0 Å². The minimum Gasteiger partial charge on any atom is -0.354 e. The lowest BCUT2D eigenvalue weighted by Gasteiger charge is -2.19. The number of aromatic amines is 1. The average Bonchev–Trinajstić information content (AvgIpc) is 2.99. The first-order valence-electron chi connectivity index (χ1n) is 7.89. The summed E-state index contributed by atoms with van der Waals surface area (Å²) in [7, 11) is 0. The third kappa shape index (κ3) is 1.51. The van der Waals surface area contributed by atoms with Crippen molar-refractivity contribution in [3.63, 3.8) is 0 Å². The van der Waals surface area contributed by atoms with E-state index in [0.29, 0.717) is 22.3 Å². The Morgan fingerprint density at radius 2 is 1.42 bits per heavy atom. The Hall–Kier alpha value is -3.20. The molecule has 0 unspecified atom stereocenters. The maximum absolute atomic E-state index is 13.0. The van der Waals surface area contributed by atoms with E-state index in [1.54, 1.807) is 24.3 Å². The standard InChI is InChI=1S/C21H13NO2/c1-11-18-16(20(23)13-7-2-3-8-14(13)21(18)24)10-15-12-6-4-5-9-17(12)22-19(11)15/h2-10,22H,1H3. The van der Waals surface area contributed by atoms with Crippen molar-refractivity contribution in [2.45, 2.75) is 6.92 Å². The third-order valence-electron chi connectivity index (χ3n) is 4.94. The van der Waals surface area contributed by atoms with Gasteiger partial charge in [-0.1, -0.05) is 42.5 Å². The Balaban J connectivity index is 1.95. The number of aryl methyl sites for hydroxylation is 1. The number of aromatic nitrogens is 1. The normalized spacial score (nSPS) is 13.4. The van der Waals surface area contributed by atoms with E-state index in [-0.39, 0.29) is 11.6 Å².